The van der Waals surface area contributed by atoms with Gasteiger partial charge in [0.05, 0.1) is 5.39 Å². The maximum Gasteiger partial charge on any atom is 0.200 e. The normalized spacial score (nSPS) is 10.9. The van der Waals surface area contributed by atoms with Crippen LogP contribution in [-0.2, 0) is 0 Å². The molecular formula is C30H20O13. The zero-order valence-electron chi connectivity index (χ0n) is 21.5. The van der Waals surface area contributed by atoms with Gasteiger partial charge in [0.1, 0.15) is 45.3 Å². The molecule has 0 bridgehead atoms. The Balaban J connectivity index is 0.000000171. The number of hydrogen-bond acceptors (Lipinski definition) is 13. The van der Waals surface area contributed by atoms with Crippen LogP contribution < -0.4 is 10.9 Å². The molecule has 13 heteroatoms. The zero-order chi connectivity index (χ0) is 31.2. The summed E-state index contributed by atoms with van der Waals surface area (Å²) in [4.78, 5) is 24.1. The molecule has 0 saturated carbocycles. The van der Waals surface area contributed by atoms with E-state index < -0.39 is 45.7 Å². The van der Waals surface area contributed by atoms with Crippen molar-refractivity contribution in [1.29, 1.82) is 0 Å². The Kier molecular flexibility index (Phi) is 6.83. The lowest BCUT2D eigenvalue weighted by molar-refractivity contribution is 0.368. The highest BCUT2D eigenvalue weighted by Gasteiger charge is 2.16. The van der Waals surface area contributed by atoms with Crippen molar-refractivity contribution >= 4 is 21.9 Å². The number of phenols is 9. The highest BCUT2D eigenvalue weighted by atomic mass is 16.4. The van der Waals surface area contributed by atoms with E-state index in [-0.39, 0.29) is 56.1 Å². The predicted octanol–water partition coefficient (Wildman–Crippen LogP) is 4.27. The Morgan fingerprint density at radius 2 is 0.907 bits per heavy atom. The molecule has 13 nitrogen and oxygen atoms in total. The third-order valence-electron chi connectivity index (χ3n) is 6.22. The monoisotopic (exact) mass is 588 g/mol. The topological polar surface area (TPSA) is 242 Å². The van der Waals surface area contributed by atoms with Gasteiger partial charge >= 0.3 is 0 Å². The predicted molar refractivity (Wildman–Crippen MR) is 151 cm³/mol. The lowest BCUT2D eigenvalue weighted by Gasteiger charge is -2.07. The van der Waals surface area contributed by atoms with Crippen LogP contribution in [0.15, 0.2) is 85.2 Å². The summed E-state index contributed by atoms with van der Waals surface area (Å²) >= 11 is 0. The molecular weight excluding hydrogens is 568 g/mol. The molecule has 0 aliphatic heterocycles. The van der Waals surface area contributed by atoms with Gasteiger partial charge in [-0.05, 0) is 36.4 Å². The third-order valence-corrected chi connectivity index (χ3v) is 6.22. The molecule has 0 atom stereocenters. The van der Waals surface area contributed by atoms with E-state index in [0.717, 1.165) is 42.5 Å². The summed E-state index contributed by atoms with van der Waals surface area (Å²) in [6.45, 7) is 0. The van der Waals surface area contributed by atoms with Gasteiger partial charge < -0.3 is 54.8 Å². The molecule has 0 aliphatic rings. The molecule has 2 aromatic heterocycles. The Bertz CT molecular complexity index is 2130. The van der Waals surface area contributed by atoms with Crippen molar-refractivity contribution in [2.45, 2.75) is 0 Å². The summed E-state index contributed by atoms with van der Waals surface area (Å²) in [6.07, 6.45) is 0. The van der Waals surface area contributed by atoms with E-state index in [4.69, 9.17) is 8.83 Å². The number of rotatable bonds is 2. The second-order valence-corrected chi connectivity index (χ2v) is 9.19. The second kappa shape index (κ2) is 10.5. The molecule has 6 rings (SSSR count). The SMILES string of the molecule is O=c1cc(-c2cc(O)c(O)c(O)c2)oc2cc(O)cc(O)c12.O=c1cc(-c2cc(O)c(O)c(O)c2)oc2cc(O)ccc12. The largest absolute Gasteiger partial charge is 0.508 e. The van der Waals surface area contributed by atoms with Gasteiger partial charge in [0.2, 0.25) is 0 Å². The lowest BCUT2D eigenvalue weighted by atomic mass is 10.1. The summed E-state index contributed by atoms with van der Waals surface area (Å²) in [5, 5.41) is 85.4. The van der Waals surface area contributed by atoms with Crippen LogP contribution >= 0.6 is 0 Å². The molecule has 0 amide bonds. The van der Waals surface area contributed by atoms with E-state index in [1.54, 1.807) is 0 Å². The van der Waals surface area contributed by atoms with E-state index in [1.807, 2.05) is 0 Å². The minimum atomic E-state index is -0.692. The van der Waals surface area contributed by atoms with Crippen molar-refractivity contribution < 1.29 is 54.8 Å². The zero-order valence-corrected chi connectivity index (χ0v) is 21.5. The van der Waals surface area contributed by atoms with Crippen molar-refractivity contribution in [3.63, 3.8) is 0 Å². The van der Waals surface area contributed by atoms with Crippen molar-refractivity contribution in [3.8, 4) is 74.4 Å². The van der Waals surface area contributed by atoms with Gasteiger partial charge in [0.15, 0.2) is 45.4 Å². The summed E-state index contributed by atoms with van der Waals surface area (Å²) in [5.74, 6) is -4.30. The second-order valence-electron chi connectivity index (χ2n) is 9.19. The Labute approximate surface area is 238 Å². The summed E-state index contributed by atoms with van der Waals surface area (Å²) < 4.78 is 10.9. The molecule has 218 valence electrons. The van der Waals surface area contributed by atoms with Crippen molar-refractivity contribution in [1.82, 2.24) is 0 Å². The number of aromatic hydroxyl groups is 9. The number of hydrogen-bond donors (Lipinski definition) is 9. The van der Waals surface area contributed by atoms with Crippen molar-refractivity contribution in [2.24, 2.45) is 0 Å². The average Bonchev–Trinajstić information content (AvgIpc) is 2.93. The molecule has 43 heavy (non-hydrogen) atoms. The third kappa shape index (κ3) is 5.32. The maximum atomic E-state index is 12.1. The summed E-state index contributed by atoms with van der Waals surface area (Å²) in [5.41, 5.74) is -0.449. The maximum absolute atomic E-state index is 12.1. The molecule has 0 radical (unpaired) electrons. The minimum Gasteiger partial charge on any atom is -0.508 e. The smallest absolute Gasteiger partial charge is 0.200 e. The molecule has 0 fully saturated rings. The van der Waals surface area contributed by atoms with Crippen molar-refractivity contribution in [3.05, 3.63) is 87.2 Å². The molecule has 4 aromatic carbocycles. The molecule has 2 heterocycles. The van der Waals surface area contributed by atoms with Crippen LogP contribution in [0.4, 0.5) is 0 Å². The van der Waals surface area contributed by atoms with Crippen LogP contribution in [-0.4, -0.2) is 46.0 Å². The van der Waals surface area contributed by atoms with Crippen LogP contribution in [0.25, 0.3) is 44.6 Å². The molecule has 0 saturated heterocycles. The molecule has 0 aliphatic carbocycles. The molecule has 9 N–H and O–H groups in total. The van der Waals surface area contributed by atoms with E-state index in [0.29, 0.717) is 5.39 Å². The summed E-state index contributed by atoms with van der Waals surface area (Å²) in [7, 11) is 0. The minimum absolute atomic E-state index is 0.0203. The fraction of sp³-hybridized carbons (Fsp3) is 0. The summed E-state index contributed by atoms with van der Waals surface area (Å²) in [6, 6.07) is 13.0. The van der Waals surface area contributed by atoms with Gasteiger partial charge in [-0.25, -0.2) is 0 Å². The first kappa shape index (κ1) is 28.0. The van der Waals surface area contributed by atoms with Crippen LogP contribution in [0.2, 0.25) is 0 Å². The van der Waals surface area contributed by atoms with Gasteiger partial charge in [0, 0.05) is 41.5 Å². The highest BCUT2D eigenvalue weighted by molar-refractivity contribution is 5.86. The van der Waals surface area contributed by atoms with Crippen LogP contribution in [0.1, 0.15) is 0 Å². The lowest BCUT2D eigenvalue weighted by Crippen LogP contribution is -2.00. The van der Waals surface area contributed by atoms with E-state index >= 15 is 0 Å². The fourth-order valence-corrected chi connectivity index (χ4v) is 4.18. The first-order valence-electron chi connectivity index (χ1n) is 12.1. The number of benzene rings is 4. The van der Waals surface area contributed by atoms with Crippen LogP contribution in [0.3, 0.4) is 0 Å². The van der Waals surface area contributed by atoms with Gasteiger partial charge in [-0.1, -0.05) is 0 Å². The van der Waals surface area contributed by atoms with E-state index in [9.17, 15) is 55.5 Å². The fourth-order valence-electron chi connectivity index (χ4n) is 4.18. The molecule has 0 unspecified atom stereocenters. The van der Waals surface area contributed by atoms with E-state index in [1.165, 1.54) is 24.3 Å². The number of fused-ring (bicyclic) bond motifs is 2. The standard InChI is InChI=1S/C15H10O7.C15H10O6/c16-7-3-8(17)14-9(18)5-12(22-13(14)4-7)6-1-10(19)15(21)11(20)2-6;16-8-1-2-9-10(17)6-13(21-14(9)5-8)7-3-11(18)15(20)12(19)4-7/h1-5,16-17,19-21H;1-6,16,18-20H. The average molecular weight is 588 g/mol. The quantitative estimate of drug-likeness (QED) is 0.128. The Hall–Kier alpha value is -6.50. The Morgan fingerprint density at radius 3 is 1.44 bits per heavy atom. The first-order chi connectivity index (χ1) is 20.3. The van der Waals surface area contributed by atoms with Gasteiger partial charge in [-0.2, -0.15) is 0 Å². The van der Waals surface area contributed by atoms with E-state index in [2.05, 4.69) is 0 Å². The molecule has 6 aromatic rings. The van der Waals surface area contributed by atoms with Gasteiger partial charge in [-0.15, -0.1) is 0 Å². The van der Waals surface area contributed by atoms with Gasteiger partial charge in [0.25, 0.3) is 0 Å². The van der Waals surface area contributed by atoms with Crippen LogP contribution in [0, 0.1) is 0 Å². The first-order valence-corrected chi connectivity index (χ1v) is 12.1. The van der Waals surface area contributed by atoms with Crippen LogP contribution in [0.5, 0.6) is 51.7 Å². The number of phenolic OH excluding ortho intramolecular Hbond substituents is 9. The van der Waals surface area contributed by atoms with Gasteiger partial charge in [-0.3, -0.25) is 9.59 Å². The van der Waals surface area contributed by atoms with Crippen molar-refractivity contribution in [2.75, 3.05) is 0 Å². The molecule has 0 spiro atoms. The Morgan fingerprint density at radius 1 is 0.442 bits per heavy atom. The highest BCUT2D eigenvalue weighted by Crippen LogP contribution is 2.40.